The van der Waals surface area contributed by atoms with Gasteiger partial charge in [-0.25, -0.2) is 62.5 Å². The molecule has 3 aromatic heterocycles. The first-order chi connectivity index (χ1) is 46.1. The maximum absolute atomic E-state index is 13.9. The van der Waals surface area contributed by atoms with Crippen molar-refractivity contribution in [3.63, 3.8) is 0 Å². The van der Waals surface area contributed by atoms with Gasteiger partial charge in [0.25, 0.3) is 0 Å². The van der Waals surface area contributed by atoms with Crippen LogP contribution in [0, 0.1) is 0 Å². The van der Waals surface area contributed by atoms with Gasteiger partial charge in [0.1, 0.15) is 0 Å². The number of nitrogens with one attached hydrogen (secondary N) is 4. The predicted molar refractivity (Wildman–Crippen MR) is 386 cm³/mol. The minimum absolute atomic E-state index is 0.00320. The Morgan fingerprint density at radius 3 is 1.05 bits per heavy atom. The first-order valence-electron chi connectivity index (χ1n) is 32.4. The van der Waals surface area contributed by atoms with E-state index in [1.54, 1.807) is 60.7 Å². The van der Waals surface area contributed by atoms with Crippen molar-refractivity contribution in [2.75, 3.05) is 105 Å². The zero-order valence-electron chi connectivity index (χ0n) is 56.3. The van der Waals surface area contributed by atoms with Crippen LogP contribution in [0.4, 0.5) is 0 Å². The number of aromatic nitrogens is 4. The van der Waals surface area contributed by atoms with E-state index in [0.717, 1.165) is 69.7 Å². The predicted octanol–water partition coefficient (Wildman–Crippen LogP) is 9.23. The van der Waals surface area contributed by atoms with E-state index in [9.17, 15) is 33.7 Å². The molecule has 96 heavy (non-hydrogen) atoms. The van der Waals surface area contributed by atoms with Crippen molar-refractivity contribution < 1.29 is 54.7 Å². The molecule has 26 heteroatoms. The van der Waals surface area contributed by atoms with Gasteiger partial charge in [0.15, 0.2) is 0 Å². The SMILES string of the molecule is C=C/C=C(\C=C/Cc1c2nc(c(-c3ccc(S(=O)(=O)NCCN(CC)CC)cc3)c3ccc([n-]3)c(C/C=C\C(=C/C=C)S(=O)(=O)NCCN(CC)CC)c3ccc([n-]3)c(-c3ccc(S(=O)(=O)NCCN(CC)CC)cc3)c3nc1C=C3)C=C2)S(=O)(=O)NCCN(CC)CC.[O]=[V+2]. The number of benzene rings is 2. The molecule has 0 saturated heterocycles. The second kappa shape index (κ2) is 37.9. The molecule has 0 unspecified atom stereocenters. The fourth-order valence-corrected chi connectivity index (χ4v) is 15.1. The standard InChI is InChI=1S/C70H92N12O8S4.O.V/c1-11-23-55(91(83,84)71-45-49-79(13-3)14-4)25-21-27-59-61-37-41-65(75-61)69(53-29-33-57(34-30-53)93(87,88)73-47-51-81(17-7)18-8)67-43-39-63(77-67)60(28-22-26-56(24-12-2)92(85,86)72-46-50-80(15-5)16-6)64-40-44-68(78-64)70(66-42-38-62(59)76-66)54-31-35-58(36-32-54)94(89,90)74-48-52-82(19-9)20-10;;/h11-12,21-26,29-44,71-74H,1-2,13-20,27-28,45-52H2,3-10H3;;/q-2;;+2/b25-21-,26-22-,55-23+,56-24+,61-59?,62-59?,63-60?,64-60?,69-65?,69-67?,70-66?,70-68?;;. The van der Waals surface area contributed by atoms with Crippen LogP contribution in [0.2, 0.25) is 0 Å². The quantitative estimate of drug-likeness (QED) is 0.0263. The molecule has 0 aliphatic carbocycles. The van der Waals surface area contributed by atoms with Gasteiger partial charge in [-0.2, -0.15) is 0 Å². The zero-order chi connectivity index (χ0) is 70.1. The zero-order valence-corrected chi connectivity index (χ0v) is 61.0. The summed E-state index contributed by atoms with van der Waals surface area (Å²) in [7, 11) is -15.8. The van der Waals surface area contributed by atoms with Crippen LogP contribution >= 0.6 is 0 Å². The summed E-state index contributed by atoms with van der Waals surface area (Å²) in [4.78, 5) is 29.9. The van der Waals surface area contributed by atoms with E-state index in [1.165, 1.54) is 36.5 Å². The van der Waals surface area contributed by atoms with Gasteiger partial charge in [-0.1, -0.05) is 147 Å². The first-order valence-corrected chi connectivity index (χ1v) is 38.9. The molecule has 8 bridgehead atoms. The van der Waals surface area contributed by atoms with Crippen molar-refractivity contribution in [1.29, 1.82) is 0 Å². The Morgan fingerprint density at radius 1 is 0.427 bits per heavy atom. The van der Waals surface area contributed by atoms with Crippen LogP contribution < -0.4 is 28.9 Å². The van der Waals surface area contributed by atoms with Gasteiger partial charge in [0.2, 0.25) is 40.1 Å². The first kappa shape index (κ1) is 78.3. The molecule has 5 heterocycles. The van der Waals surface area contributed by atoms with Crippen molar-refractivity contribution in [3.05, 3.63) is 178 Å². The van der Waals surface area contributed by atoms with Gasteiger partial charge in [0, 0.05) is 57.9 Å². The van der Waals surface area contributed by atoms with Crippen molar-refractivity contribution in [2.24, 2.45) is 0 Å². The molecule has 4 N–H and O–H groups in total. The van der Waals surface area contributed by atoms with Gasteiger partial charge in [-0.15, -0.1) is 22.1 Å². The molecular weight excluding hydrogens is 1330 g/mol. The molecule has 0 radical (unpaired) electrons. The van der Waals surface area contributed by atoms with Gasteiger partial charge in [-0.3, -0.25) is 0 Å². The summed E-state index contributed by atoms with van der Waals surface area (Å²) in [6.45, 7) is 33.0. The molecular formula is C70H92N12O9S4V. The van der Waals surface area contributed by atoms with E-state index < -0.39 is 40.1 Å². The van der Waals surface area contributed by atoms with E-state index in [-0.39, 0.29) is 58.6 Å². The van der Waals surface area contributed by atoms with Crippen molar-refractivity contribution >= 4 is 86.5 Å². The van der Waals surface area contributed by atoms with Gasteiger partial charge >= 0.3 is 21.0 Å². The fraction of sp³-hybridized carbons (Fsp3) is 0.371. The number of fused-ring (bicyclic) bond motifs is 8. The number of rotatable bonds is 38. The third-order valence-electron chi connectivity index (χ3n) is 16.6. The minimum atomic E-state index is -3.99. The number of allylic oxidation sites excluding steroid dienone is 8. The molecule has 7 rings (SSSR count). The number of likely N-dealkylation sites (N-methyl/N-ethyl adjacent to an activating group) is 4. The molecule has 0 amide bonds. The third-order valence-corrected chi connectivity index (χ3v) is 22.5. The Hall–Kier alpha value is -6.66. The summed E-state index contributed by atoms with van der Waals surface area (Å²) >= 11 is 1.06. The van der Waals surface area contributed by atoms with Crippen molar-refractivity contribution in [3.8, 4) is 22.3 Å². The summed E-state index contributed by atoms with van der Waals surface area (Å²) in [6.07, 6.45) is 20.0. The average Bonchev–Trinajstić information content (AvgIpc) is 1.60. The number of sulfonamides is 4. The molecule has 0 saturated carbocycles. The van der Waals surface area contributed by atoms with E-state index in [2.05, 4.69) is 51.6 Å². The average molecular weight is 1420 g/mol. The van der Waals surface area contributed by atoms with Crippen LogP contribution in [-0.4, -0.2) is 168 Å². The summed E-state index contributed by atoms with van der Waals surface area (Å²) < 4.78 is 130. The Bertz CT molecular complexity index is 4110. The molecule has 5 aromatic rings. The number of hydrogen-bond acceptors (Lipinski definition) is 15. The maximum atomic E-state index is 13.9. The normalized spacial score (nSPS) is 13.3. The second-order valence-electron chi connectivity index (χ2n) is 22.1. The number of nitrogens with zero attached hydrogens (tertiary/aromatic N) is 8. The summed E-state index contributed by atoms with van der Waals surface area (Å²) in [5.41, 5.74) is 7.54. The van der Waals surface area contributed by atoms with E-state index in [4.69, 9.17) is 23.6 Å². The van der Waals surface area contributed by atoms with E-state index in [0.29, 0.717) is 104 Å². The van der Waals surface area contributed by atoms with Crippen LogP contribution in [0.25, 0.3) is 68.6 Å². The Labute approximate surface area is 578 Å². The Morgan fingerprint density at radius 2 is 0.729 bits per heavy atom. The third kappa shape index (κ3) is 21.2. The van der Waals surface area contributed by atoms with Gasteiger partial charge in [-0.05, 0) is 160 Å². The topological polar surface area (TPSA) is 269 Å². The van der Waals surface area contributed by atoms with Crippen LogP contribution in [0.15, 0.2) is 154 Å². The van der Waals surface area contributed by atoms with E-state index in [1.807, 2.05) is 104 Å². The van der Waals surface area contributed by atoms with Gasteiger partial charge < -0.3 is 29.6 Å². The van der Waals surface area contributed by atoms with E-state index >= 15 is 0 Å². The monoisotopic (exact) mass is 1420 g/mol. The van der Waals surface area contributed by atoms with Crippen LogP contribution in [-0.2, 0) is 74.0 Å². The molecule has 515 valence electrons. The van der Waals surface area contributed by atoms with Gasteiger partial charge in [0.05, 0.1) is 42.4 Å². The van der Waals surface area contributed by atoms with Crippen molar-refractivity contribution in [2.45, 2.75) is 78.0 Å². The van der Waals surface area contributed by atoms with Crippen LogP contribution in [0.5, 0.6) is 0 Å². The molecule has 0 spiro atoms. The molecule has 2 aromatic carbocycles. The molecule has 0 atom stereocenters. The molecule has 21 nitrogen and oxygen atoms in total. The second-order valence-corrected chi connectivity index (χ2v) is 29.2. The van der Waals surface area contributed by atoms with Crippen LogP contribution in [0.1, 0.15) is 89.3 Å². The molecule has 0 fully saturated rings. The fourth-order valence-electron chi connectivity index (χ4n) is 10.9. The Kier molecular flexibility index (Phi) is 30.9. The van der Waals surface area contributed by atoms with Crippen LogP contribution in [0.3, 0.4) is 0 Å². The summed E-state index contributed by atoms with van der Waals surface area (Å²) in [5.74, 6) is 0. The van der Waals surface area contributed by atoms with Crippen molar-refractivity contribution in [1.82, 2.24) is 58.4 Å². The summed E-state index contributed by atoms with van der Waals surface area (Å²) in [5, 5.41) is 0. The number of hydrogen-bond donors (Lipinski definition) is 4. The molecule has 2 aliphatic rings. The summed E-state index contributed by atoms with van der Waals surface area (Å²) in [6, 6.07) is 20.5. The molecule has 2 aliphatic heterocycles. The Balaban J connectivity index is 0.00000722.